The van der Waals surface area contributed by atoms with Crippen LogP contribution >= 0.6 is 0 Å². The van der Waals surface area contributed by atoms with Gasteiger partial charge in [-0.1, -0.05) is 6.07 Å². The van der Waals surface area contributed by atoms with Crippen molar-refractivity contribution in [3.8, 4) is 23.1 Å². The number of alkyl halides is 2. The number of halogens is 3. The number of nitrogens with zero attached hydrogens (tertiary/aromatic N) is 4. The van der Waals surface area contributed by atoms with Gasteiger partial charge in [0.25, 0.3) is 0 Å². The van der Waals surface area contributed by atoms with E-state index >= 15 is 0 Å². The van der Waals surface area contributed by atoms with E-state index in [1.54, 1.807) is 10.6 Å². The minimum Gasteiger partial charge on any atom is -0.432 e. The van der Waals surface area contributed by atoms with E-state index in [0.717, 1.165) is 28.9 Å². The third kappa shape index (κ3) is 3.75. The Hall–Kier alpha value is -4.06. The second-order valence-corrected chi connectivity index (χ2v) is 6.38. The number of hydrogen-bond acceptors (Lipinski definition) is 5. The predicted molar refractivity (Wildman–Crippen MR) is 104 cm³/mol. The highest BCUT2D eigenvalue weighted by Crippen LogP contribution is 2.30. The first-order chi connectivity index (χ1) is 14.4. The third-order valence-electron chi connectivity index (χ3n) is 4.35. The van der Waals surface area contributed by atoms with Crippen LogP contribution in [0.15, 0.2) is 54.7 Å². The number of rotatable bonds is 5. The topological polar surface area (TPSA) is 75.2 Å². The standard InChI is InChI=1S/C21H14F3N5O/c1-12-20(17-4-2-3-7-29(17)28-12)16-8-13(11-25)9-19(27-16)26-14-5-6-18(15(22)10-14)30-21(23)24/h2-10,21H,1H3,(H,26,27). The lowest BCUT2D eigenvalue weighted by Crippen LogP contribution is -2.04. The van der Waals surface area contributed by atoms with Gasteiger partial charge in [0.15, 0.2) is 11.6 Å². The molecule has 0 aliphatic carbocycles. The van der Waals surface area contributed by atoms with Crippen LogP contribution in [0.5, 0.6) is 5.75 Å². The lowest BCUT2D eigenvalue weighted by Gasteiger charge is -2.11. The minimum atomic E-state index is -3.12. The molecule has 4 rings (SSSR count). The van der Waals surface area contributed by atoms with Gasteiger partial charge in [0.05, 0.1) is 28.5 Å². The van der Waals surface area contributed by atoms with Gasteiger partial charge in [-0.2, -0.15) is 19.1 Å². The molecule has 4 aromatic rings. The molecule has 1 aromatic carbocycles. The molecule has 0 unspecified atom stereocenters. The van der Waals surface area contributed by atoms with Crippen LogP contribution in [0, 0.1) is 24.1 Å². The van der Waals surface area contributed by atoms with Gasteiger partial charge in [-0.3, -0.25) is 0 Å². The van der Waals surface area contributed by atoms with E-state index in [2.05, 4.69) is 26.2 Å². The maximum atomic E-state index is 14.0. The van der Waals surface area contributed by atoms with Crippen molar-refractivity contribution in [2.24, 2.45) is 0 Å². The number of benzene rings is 1. The van der Waals surface area contributed by atoms with Crippen LogP contribution in [-0.2, 0) is 0 Å². The number of hydrogen-bond donors (Lipinski definition) is 1. The van der Waals surface area contributed by atoms with Crippen LogP contribution in [0.2, 0.25) is 0 Å². The Morgan fingerprint density at radius 1 is 1.17 bits per heavy atom. The Bertz CT molecular complexity index is 1280. The molecule has 0 bridgehead atoms. The van der Waals surface area contributed by atoms with Crippen molar-refractivity contribution in [1.82, 2.24) is 14.6 Å². The predicted octanol–water partition coefficient (Wildman–Crippen LogP) is 5.06. The molecule has 0 saturated carbocycles. The second kappa shape index (κ2) is 7.75. The van der Waals surface area contributed by atoms with Crippen LogP contribution in [0.25, 0.3) is 16.8 Å². The van der Waals surface area contributed by atoms with Crippen molar-refractivity contribution in [3.05, 3.63) is 71.8 Å². The number of aromatic nitrogens is 3. The molecular formula is C21H14F3N5O. The van der Waals surface area contributed by atoms with Crippen molar-refractivity contribution < 1.29 is 17.9 Å². The molecule has 3 heterocycles. The molecule has 0 spiro atoms. The van der Waals surface area contributed by atoms with Crippen molar-refractivity contribution >= 4 is 17.0 Å². The largest absolute Gasteiger partial charge is 0.432 e. The average molecular weight is 409 g/mol. The maximum absolute atomic E-state index is 14.0. The fraction of sp³-hybridized carbons (Fsp3) is 0.0952. The molecule has 0 saturated heterocycles. The second-order valence-electron chi connectivity index (χ2n) is 6.38. The Balaban J connectivity index is 1.73. The molecule has 0 aliphatic heterocycles. The smallest absolute Gasteiger partial charge is 0.387 e. The number of pyridine rings is 2. The first-order valence-corrected chi connectivity index (χ1v) is 8.82. The van der Waals surface area contributed by atoms with Gasteiger partial charge >= 0.3 is 6.61 Å². The van der Waals surface area contributed by atoms with Gasteiger partial charge in [0.1, 0.15) is 5.82 Å². The summed E-state index contributed by atoms with van der Waals surface area (Å²) in [6, 6.07) is 14.3. The lowest BCUT2D eigenvalue weighted by molar-refractivity contribution is -0.0521. The summed E-state index contributed by atoms with van der Waals surface area (Å²) < 4.78 is 44.4. The van der Waals surface area contributed by atoms with Crippen LogP contribution in [0.3, 0.4) is 0 Å². The highest BCUT2D eigenvalue weighted by molar-refractivity contribution is 5.81. The lowest BCUT2D eigenvalue weighted by atomic mass is 10.1. The Morgan fingerprint density at radius 3 is 2.73 bits per heavy atom. The summed E-state index contributed by atoms with van der Waals surface area (Å²) in [5.74, 6) is -1.21. The van der Waals surface area contributed by atoms with Crippen LogP contribution in [-0.4, -0.2) is 21.2 Å². The third-order valence-corrected chi connectivity index (χ3v) is 4.35. The number of fused-ring (bicyclic) bond motifs is 1. The number of nitriles is 1. The molecule has 3 aromatic heterocycles. The molecule has 0 atom stereocenters. The van der Waals surface area contributed by atoms with Crippen molar-refractivity contribution in [1.29, 1.82) is 5.26 Å². The van der Waals surface area contributed by atoms with E-state index in [9.17, 15) is 18.4 Å². The maximum Gasteiger partial charge on any atom is 0.387 e. The van der Waals surface area contributed by atoms with Gasteiger partial charge in [-0.05, 0) is 43.3 Å². The molecule has 0 aliphatic rings. The molecule has 6 nitrogen and oxygen atoms in total. The SMILES string of the molecule is Cc1nn2ccccc2c1-c1cc(C#N)cc(Nc2ccc(OC(F)F)c(F)c2)n1. The van der Waals surface area contributed by atoms with E-state index in [0.29, 0.717) is 17.1 Å². The van der Waals surface area contributed by atoms with E-state index in [4.69, 9.17) is 0 Å². The minimum absolute atomic E-state index is 0.263. The normalized spacial score (nSPS) is 10.9. The zero-order valence-electron chi connectivity index (χ0n) is 15.6. The summed E-state index contributed by atoms with van der Waals surface area (Å²) in [5, 5.41) is 16.8. The Morgan fingerprint density at radius 2 is 2.00 bits per heavy atom. The van der Waals surface area contributed by atoms with Crippen LogP contribution in [0.4, 0.5) is 24.7 Å². The molecule has 0 amide bonds. The van der Waals surface area contributed by atoms with E-state index in [1.807, 2.05) is 31.3 Å². The van der Waals surface area contributed by atoms with Crippen molar-refractivity contribution in [2.75, 3.05) is 5.32 Å². The van der Waals surface area contributed by atoms with Gasteiger partial charge in [0.2, 0.25) is 0 Å². The quantitative estimate of drug-likeness (QED) is 0.499. The van der Waals surface area contributed by atoms with Gasteiger partial charge in [0, 0.05) is 23.5 Å². The first kappa shape index (κ1) is 19.3. The fourth-order valence-electron chi connectivity index (χ4n) is 3.14. The molecule has 9 heteroatoms. The highest BCUT2D eigenvalue weighted by Gasteiger charge is 2.15. The molecule has 150 valence electrons. The van der Waals surface area contributed by atoms with Gasteiger partial charge in [-0.25, -0.2) is 13.9 Å². The van der Waals surface area contributed by atoms with E-state index in [1.165, 1.54) is 12.1 Å². The number of anilines is 2. The Kier molecular flexibility index (Phi) is 4.98. The summed E-state index contributed by atoms with van der Waals surface area (Å²) in [4.78, 5) is 4.54. The summed E-state index contributed by atoms with van der Waals surface area (Å²) in [6.45, 7) is -1.28. The van der Waals surface area contributed by atoms with E-state index < -0.39 is 18.2 Å². The molecule has 0 fully saturated rings. The molecule has 0 radical (unpaired) electrons. The van der Waals surface area contributed by atoms with Crippen LogP contribution in [0.1, 0.15) is 11.3 Å². The number of ether oxygens (including phenoxy) is 1. The molecular weight excluding hydrogens is 395 g/mol. The van der Waals surface area contributed by atoms with E-state index in [-0.39, 0.29) is 5.69 Å². The van der Waals surface area contributed by atoms with Crippen LogP contribution < -0.4 is 10.1 Å². The highest BCUT2D eigenvalue weighted by atomic mass is 19.3. The number of nitrogens with one attached hydrogen (secondary N) is 1. The van der Waals surface area contributed by atoms with Gasteiger partial charge in [-0.15, -0.1) is 0 Å². The first-order valence-electron chi connectivity index (χ1n) is 8.82. The fourth-order valence-corrected chi connectivity index (χ4v) is 3.14. The summed E-state index contributed by atoms with van der Waals surface area (Å²) in [6.07, 6.45) is 1.81. The summed E-state index contributed by atoms with van der Waals surface area (Å²) in [7, 11) is 0. The summed E-state index contributed by atoms with van der Waals surface area (Å²) >= 11 is 0. The average Bonchev–Trinajstić information content (AvgIpc) is 3.05. The van der Waals surface area contributed by atoms with Crippen molar-refractivity contribution in [3.63, 3.8) is 0 Å². The van der Waals surface area contributed by atoms with Gasteiger partial charge < -0.3 is 10.1 Å². The summed E-state index contributed by atoms with van der Waals surface area (Å²) in [5.41, 5.74) is 3.45. The zero-order valence-corrected chi connectivity index (χ0v) is 15.6. The molecule has 1 N–H and O–H groups in total. The number of aryl methyl sites for hydroxylation is 1. The zero-order chi connectivity index (χ0) is 21.3. The monoisotopic (exact) mass is 409 g/mol. The molecule has 30 heavy (non-hydrogen) atoms. The Labute approximate surface area is 169 Å². The van der Waals surface area contributed by atoms with Crippen molar-refractivity contribution in [2.45, 2.75) is 13.5 Å².